The molecule has 1 aromatic rings. The van der Waals surface area contributed by atoms with Gasteiger partial charge in [0.05, 0.1) is 0 Å². The first-order valence-electron chi connectivity index (χ1n) is 9.14. The second-order valence-corrected chi connectivity index (χ2v) is 9.51. The number of halogens is 1. The third-order valence-electron chi connectivity index (χ3n) is 4.23. The van der Waals surface area contributed by atoms with Gasteiger partial charge in [-0.05, 0) is 38.5 Å². The molecule has 9 heteroatoms. The molecule has 7 nitrogen and oxygen atoms in total. The van der Waals surface area contributed by atoms with Gasteiger partial charge in [-0.15, -0.1) is 11.8 Å². The van der Waals surface area contributed by atoms with Crippen LogP contribution in [0.3, 0.4) is 0 Å². The van der Waals surface area contributed by atoms with Crippen LogP contribution >= 0.6 is 34.4 Å². The van der Waals surface area contributed by atoms with Crippen LogP contribution < -0.4 is 10.1 Å². The Hall–Kier alpha value is -1.75. The van der Waals surface area contributed by atoms with Crippen molar-refractivity contribution in [3.8, 4) is 5.75 Å². The van der Waals surface area contributed by atoms with Gasteiger partial charge in [-0.1, -0.05) is 40.8 Å². The van der Waals surface area contributed by atoms with Crippen molar-refractivity contribution in [3.63, 3.8) is 0 Å². The number of carbonyl (C=O) groups is 3. The first-order valence-corrected chi connectivity index (χ1v) is 11.7. The van der Waals surface area contributed by atoms with Crippen molar-refractivity contribution in [2.45, 2.75) is 37.8 Å². The van der Waals surface area contributed by atoms with Crippen LogP contribution in [0.4, 0.5) is 0 Å². The standard InChI is InChI=1S/C20H23IN2O5S/c1-20(2,3)28-19(26)16-12(9-21)11-29-18-15(17(25)23(16)18)22-14(24)10-27-13-7-5-4-6-8-13/h4-8,15,18H,9-11H2,1-3H3,(H,22,24)/t15-,18-/m1/s1. The maximum absolute atomic E-state index is 12.8. The normalized spacial score (nSPS) is 21.2. The van der Waals surface area contributed by atoms with Crippen LogP contribution in [0.25, 0.3) is 0 Å². The van der Waals surface area contributed by atoms with Gasteiger partial charge < -0.3 is 14.8 Å². The van der Waals surface area contributed by atoms with Crippen molar-refractivity contribution in [2.75, 3.05) is 16.8 Å². The number of rotatable bonds is 6. The molecule has 0 radical (unpaired) electrons. The summed E-state index contributed by atoms with van der Waals surface area (Å²) in [6.45, 7) is 5.19. The summed E-state index contributed by atoms with van der Waals surface area (Å²) in [6, 6.07) is 8.31. The SMILES string of the molecule is CC(C)(C)OC(=O)C1=C(CI)CS[C@@H]2[C@H](NC(=O)COc3ccccc3)C(=O)N12. The van der Waals surface area contributed by atoms with Crippen molar-refractivity contribution in [1.29, 1.82) is 0 Å². The Morgan fingerprint density at radius 1 is 1.28 bits per heavy atom. The zero-order chi connectivity index (χ0) is 21.2. The largest absolute Gasteiger partial charge is 0.484 e. The summed E-state index contributed by atoms with van der Waals surface area (Å²) in [7, 11) is 0. The predicted octanol–water partition coefficient (Wildman–Crippen LogP) is 2.50. The van der Waals surface area contributed by atoms with Gasteiger partial charge in [0.2, 0.25) is 0 Å². The van der Waals surface area contributed by atoms with E-state index in [2.05, 4.69) is 27.9 Å². The molecule has 0 saturated carbocycles. The number of para-hydroxylation sites is 1. The highest BCUT2D eigenvalue weighted by Gasteiger charge is 2.54. The zero-order valence-corrected chi connectivity index (χ0v) is 19.4. The summed E-state index contributed by atoms with van der Waals surface area (Å²) >= 11 is 3.71. The average Bonchev–Trinajstić information content (AvgIpc) is 2.68. The van der Waals surface area contributed by atoms with Gasteiger partial charge in [0.15, 0.2) is 6.61 Å². The Morgan fingerprint density at radius 3 is 2.59 bits per heavy atom. The number of carbonyl (C=O) groups excluding carboxylic acids is 3. The monoisotopic (exact) mass is 530 g/mol. The smallest absolute Gasteiger partial charge is 0.355 e. The molecular weight excluding hydrogens is 507 g/mol. The number of nitrogens with one attached hydrogen (secondary N) is 1. The van der Waals surface area contributed by atoms with E-state index < -0.39 is 17.6 Å². The molecule has 0 bridgehead atoms. The van der Waals surface area contributed by atoms with Crippen LogP contribution in [0.1, 0.15) is 20.8 Å². The number of alkyl halides is 1. The van der Waals surface area contributed by atoms with Crippen LogP contribution in [-0.2, 0) is 19.1 Å². The Bertz CT molecular complexity index is 837. The molecule has 2 amide bonds. The van der Waals surface area contributed by atoms with Crippen LogP contribution in [-0.4, -0.2) is 56.5 Å². The minimum atomic E-state index is -0.680. The van der Waals surface area contributed by atoms with Crippen LogP contribution in [0.15, 0.2) is 41.6 Å². The molecule has 2 aliphatic heterocycles. The first-order chi connectivity index (χ1) is 13.7. The molecule has 156 valence electrons. The van der Waals surface area contributed by atoms with Gasteiger partial charge in [-0.2, -0.15) is 0 Å². The number of hydrogen-bond donors (Lipinski definition) is 1. The van der Waals surface area contributed by atoms with Crippen LogP contribution in [0, 0.1) is 0 Å². The lowest BCUT2D eigenvalue weighted by Crippen LogP contribution is -2.71. The molecule has 0 aliphatic carbocycles. The number of esters is 1. The zero-order valence-electron chi connectivity index (χ0n) is 16.4. The molecule has 1 N–H and O–H groups in total. The van der Waals surface area contributed by atoms with E-state index in [1.165, 1.54) is 16.7 Å². The number of amides is 2. The predicted molar refractivity (Wildman–Crippen MR) is 119 cm³/mol. The minimum absolute atomic E-state index is 0.182. The van der Waals surface area contributed by atoms with Gasteiger partial charge in [0.1, 0.15) is 28.5 Å². The van der Waals surface area contributed by atoms with Crippen molar-refractivity contribution >= 4 is 52.1 Å². The van der Waals surface area contributed by atoms with Crippen molar-refractivity contribution in [3.05, 3.63) is 41.6 Å². The average molecular weight is 530 g/mol. The molecular formula is C20H23IN2O5S. The molecule has 0 aromatic heterocycles. The van der Waals surface area contributed by atoms with Crippen LogP contribution in [0.5, 0.6) is 5.75 Å². The highest BCUT2D eigenvalue weighted by atomic mass is 127. The van der Waals surface area contributed by atoms with E-state index in [4.69, 9.17) is 9.47 Å². The molecule has 2 atom stereocenters. The molecule has 0 spiro atoms. The summed E-state index contributed by atoms with van der Waals surface area (Å²) in [5.41, 5.74) is 0.525. The maximum Gasteiger partial charge on any atom is 0.355 e. The molecule has 3 rings (SSSR count). The summed E-state index contributed by atoms with van der Waals surface area (Å²) in [5, 5.41) is 2.40. The molecule has 29 heavy (non-hydrogen) atoms. The van der Waals surface area contributed by atoms with Gasteiger partial charge in [-0.3, -0.25) is 14.5 Å². The van der Waals surface area contributed by atoms with E-state index in [1.54, 1.807) is 32.9 Å². The van der Waals surface area contributed by atoms with E-state index in [0.29, 0.717) is 21.6 Å². The topological polar surface area (TPSA) is 84.9 Å². The lowest BCUT2D eigenvalue weighted by atomic mass is 10.0. The van der Waals surface area contributed by atoms with E-state index in [0.717, 1.165) is 5.57 Å². The fourth-order valence-electron chi connectivity index (χ4n) is 2.98. The fourth-order valence-corrected chi connectivity index (χ4v) is 5.32. The van der Waals surface area contributed by atoms with Crippen molar-refractivity contribution in [1.82, 2.24) is 10.2 Å². The fraction of sp³-hybridized carbons (Fsp3) is 0.450. The van der Waals surface area contributed by atoms with Gasteiger partial charge in [0.25, 0.3) is 11.8 Å². The number of benzene rings is 1. The second kappa shape index (κ2) is 8.95. The van der Waals surface area contributed by atoms with E-state index in [1.807, 2.05) is 18.2 Å². The lowest BCUT2D eigenvalue weighted by molar-refractivity contribution is -0.159. The summed E-state index contributed by atoms with van der Waals surface area (Å²) < 4.78 is 11.6. The summed E-state index contributed by atoms with van der Waals surface area (Å²) in [4.78, 5) is 39.2. The number of hydrogen-bond acceptors (Lipinski definition) is 6. The van der Waals surface area contributed by atoms with Crippen molar-refractivity contribution in [2.24, 2.45) is 0 Å². The van der Waals surface area contributed by atoms with Gasteiger partial charge >= 0.3 is 5.97 Å². The first kappa shape index (κ1) is 21.9. The third-order valence-corrected chi connectivity index (χ3v) is 6.49. The molecule has 1 saturated heterocycles. The molecule has 2 heterocycles. The Labute approximate surface area is 187 Å². The number of fused-ring (bicyclic) bond motifs is 1. The maximum atomic E-state index is 12.8. The Morgan fingerprint density at radius 2 is 1.97 bits per heavy atom. The number of β-lactam (4-membered cyclic amide) rings is 1. The lowest BCUT2D eigenvalue weighted by Gasteiger charge is -2.49. The number of ether oxygens (including phenoxy) is 2. The minimum Gasteiger partial charge on any atom is -0.484 e. The van der Waals surface area contributed by atoms with Crippen LogP contribution in [0.2, 0.25) is 0 Å². The van der Waals surface area contributed by atoms with Gasteiger partial charge in [0, 0.05) is 10.2 Å². The Balaban J connectivity index is 1.65. The second-order valence-electron chi connectivity index (χ2n) is 7.64. The molecule has 0 unspecified atom stereocenters. The summed E-state index contributed by atoms with van der Waals surface area (Å²) in [5.74, 6) is 0.00488. The summed E-state index contributed by atoms with van der Waals surface area (Å²) in [6.07, 6.45) is 0. The van der Waals surface area contributed by atoms with Gasteiger partial charge in [-0.25, -0.2) is 4.79 Å². The third kappa shape index (κ3) is 5.06. The molecule has 1 fully saturated rings. The van der Waals surface area contributed by atoms with E-state index >= 15 is 0 Å². The quantitative estimate of drug-likeness (QED) is 0.264. The number of thioether (sulfide) groups is 1. The molecule has 1 aromatic carbocycles. The van der Waals surface area contributed by atoms with E-state index in [-0.39, 0.29) is 23.8 Å². The van der Waals surface area contributed by atoms with E-state index in [9.17, 15) is 14.4 Å². The van der Waals surface area contributed by atoms with Crippen molar-refractivity contribution < 1.29 is 23.9 Å². The molecule has 2 aliphatic rings. The number of nitrogens with zero attached hydrogens (tertiary/aromatic N) is 1. The highest BCUT2D eigenvalue weighted by Crippen LogP contribution is 2.41. The Kier molecular flexibility index (Phi) is 6.77. The highest BCUT2D eigenvalue weighted by molar-refractivity contribution is 14.1.